The molecule has 0 aliphatic carbocycles. The van der Waals surface area contributed by atoms with E-state index >= 15 is 0 Å². The molecular weight excluding hydrogens is 191 g/mol. The second kappa shape index (κ2) is 3.32. The predicted octanol–water partition coefficient (Wildman–Crippen LogP) is 3.44. The van der Waals surface area contributed by atoms with E-state index in [2.05, 4.69) is 6.07 Å². The van der Waals surface area contributed by atoms with Gasteiger partial charge in [-0.2, -0.15) is 13.2 Å². The fraction of sp³-hybridized carbons (Fsp3) is 0.250. The van der Waals surface area contributed by atoms with Crippen LogP contribution in [0.4, 0.5) is 22.0 Å². The Hall–Kier alpha value is -1.13. The molecule has 0 atom stereocenters. The third-order valence-corrected chi connectivity index (χ3v) is 1.44. The third kappa shape index (κ3) is 2.17. The zero-order valence-corrected chi connectivity index (χ0v) is 6.20. The monoisotopic (exact) mass is 195 g/mol. The van der Waals surface area contributed by atoms with E-state index in [0.717, 1.165) is 6.07 Å². The molecule has 13 heavy (non-hydrogen) atoms. The molecule has 0 fully saturated rings. The number of hydrogen-bond donors (Lipinski definition) is 0. The minimum Gasteiger partial charge on any atom is -0.205 e. The van der Waals surface area contributed by atoms with Crippen molar-refractivity contribution in [3.63, 3.8) is 0 Å². The van der Waals surface area contributed by atoms with Gasteiger partial charge in [0.25, 0.3) is 6.43 Å². The number of halogens is 5. The van der Waals surface area contributed by atoms with Gasteiger partial charge in [0, 0.05) is 5.56 Å². The zero-order valence-electron chi connectivity index (χ0n) is 6.20. The van der Waals surface area contributed by atoms with Gasteiger partial charge in [0.05, 0.1) is 5.56 Å². The Morgan fingerprint density at radius 3 is 2.23 bits per heavy atom. The average molecular weight is 195 g/mol. The van der Waals surface area contributed by atoms with Gasteiger partial charge in [-0.3, -0.25) is 0 Å². The van der Waals surface area contributed by atoms with Gasteiger partial charge in [0.15, 0.2) is 0 Å². The summed E-state index contributed by atoms with van der Waals surface area (Å²) in [6, 6.07) is 4.36. The van der Waals surface area contributed by atoms with Gasteiger partial charge in [0.2, 0.25) is 0 Å². The molecule has 0 unspecified atom stereocenters. The molecule has 0 saturated carbocycles. The summed E-state index contributed by atoms with van der Waals surface area (Å²) in [7, 11) is 0. The molecule has 0 amide bonds. The second-order valence-electron chi connectivity index (χ2n) is 2.31. The van der Waals surface area contributed by atoms with Crippen LogP contribution in [-0.4, -0.2) is 0 Å². The van der Waals surface area contributed by atoms with Crippen molar-refractivity contribution in [2.75, 3.05) is 0 Å². The van der Waals surface area contributed by atoms with E-state index in [1.54, 1.807) is 0 Å². The van der Waals surface area contributed by atoms with Crippen molar-refractivity contribution in [1.29, 1.82) is 0 Å². The lowest BCUT2D eigenvalue weighted by Crippen LogP contribution is -2.09. The lowest BCUT2D eigenvalue weighted by atomic mass is 10.1. The lowest BCUT2D eigenvalue weighted by Gasteiger charge is -2.10. The van der Waals surface area contributed by atoms with Gasteiger partial charge in [-0.1, -0.05) is 6.07 Å². The highest BCUT2D eigenvalue weighted by molar-refractivity contribution is 5.29. The van der Waals surface area contributed by atoms with Crippen LogP contribution in [0.2, 0.25) is 0 Å². The fourth-order valence-electron chi connectivity index (χ4n) is 0.882. The molecule has 0 saturated heterocycles. The Balaban J connectivity index is 3.20. The largest absolute Gasteiger partial charge is 0.416 e. The molecule has 1 aromatic rings. The maximum Gasteiger partial charge on any atom is 0.416 e. The van der Waals surface area contributed by atoms with Crippen molar-refractivity contribution in [2.45, 2.75) is 12.6 Å². The van der Waals surface area contributed by atoms with Crippen molar-refractivity contribution in [2.24, 2.45) is 0 Å². The first-order chi connectivity index (χ1) is 5.93. The molecule has 1 radical (unpaired) electrons. The van der Waals surface area contributed by atoms with Crippen LogP contribution in [0.5, 0.6) is 0 Å². The molecule has 0 spiro atoms. The summed E-state index contributed by atoms with van der Waals surface area (Å²) in [5, 5.41) is 0. The molecule has 0 aliphatic rings. The normalized spacial score (nSPS) is 12.2. The molecule has 0 N–H and O–H groups in total. The van der Waals surface area contributed by atoms with E-state index in [1.807, 2.05) is 0 Å². The van der Waals surface area contributed by atoms with E-state index in [9.17, 15) is 22.0 Å². The van der Waals surface area contributed by atoms with Crippen molar-refractivity contribution in [3.8, 4) is 0 Å². The molecule has 0 bridgehead atoms. The maximum atomic E-state index is 12.1. The van der Waals surface area contributed by atoms with Crippen molar-refractivity contribution in [1.82, 2.24) is 0 Å². The SMILES string of the molecule is FC(F)c1c[c]ccc1C(F)(F)F. The summed E-state index contributed by atoms with van der Waals surface area (Å²) in [4.78, 5) is 0. The highest BCUT2D eigenvalue weighted by Crippen LogP contribution is 2.35. The molecule has 71 valence electrons. The number of alkyl halides is 5. The summed E-state index contributed by atoms with van der Waals surface area (Å²) >= 11 is 0. The van der Waals surface area contributed by atoms with Gasteiger partial charge in [0.1, 0.15) is 0 Å². The average Bonchev–Trinajstić information content (AvgIpc) is 2.03. The Morgan fingerprint density at radius 2 is 1.85 bits per heavy atom. The molecule has 0 heterocycles. The predicted molar refractivity (Wildman–Crippen MR) is 35.2 cm³/mol. The van der Waals surface area contributed by atoms with Crippen LogP contribution in [0.3, 0.4) is 0 Å². The van der Waals surface area contributed by atoms with Crippen LogP contribution in [0, 0.1) is 6.07 Å². The van der Waals surface area contributed by atoms with E-state index in [1.165, 1.54) is 0 Å². The maximum absolute atomic E-state index is 12.1. The third-order valence-electron chi connectivity index (χ3n) is 1.44. The van der Waals surface area contributed by atoms with Crippen LogP contribution < -0.4 is 0 Å². The Labute approximate surface area is 71.0 Å². The Morgan fingerprint density at radius 1 is 1.23 bits per heavy atom. The minimum atomic E-state index is -4.74. The van der Waals surface area contributed by atoms with Crippen LogP contribution >= 0.6 is 0 Å². The van der Waals surface area contributed by atoms with Crippen LogP contribution in [0.15, 0.2) is 18.2 Å². The van der Waals surface area contributed by atoms with Crippen LogP contribution in [0.1, 0.15) is 17.6 Å². The van der Waals surface area contributed by atoms with Crippen LogP contribution in [-0.2, 0) is 6.18 Å². The smallest absolute Gasteiger partial charge is 0.205 e. The summed E-state index contributed by atoms with van der Waals surface area (Å²) in [6.07, 6.45) is -7.87. The summed E-state index contributed by atoms with van der Waals surface area (Å²) in [6.45, 7) is 0. The van der Waals surface area contributed by atoms with E-state index in [0.29, 0.717) is 12.1 Å². The molecule has 0 aromatic heterocycles. The van der Waals surface area contributed by atoms with Crippen molar-refractivity contribution in [3.05, 3.63) is 35.4 Å². The summed E-state index contributed by atoms with van der Waals surface area (Å²) in [5.41, 5.74) is -2.34. The van der Waals surface area contributed by atoms with E-state index in [4.69, 9.17) is 0 Å². The standard InChI is InChI=1S/C8H4F5/c9-7(10)5-3-1-2-4-6(5)8(11,12)13/h2-4,7H. The highest BCUT2D eigenvalue weighted by Gasteiger charge is 2.35. The molecular formula is C8H4F5. The molecule has 1 rings (SSSR count). The molecule has 1 aromatic carbocycles. The van der Waals surface area contributed by atoms with Gasteiger partial charge < -0.3 is 0 Å². The second-order valence-corrected chi connectivity index (χ2v) is 2.31. The number of rotatable bonds is 1. The van der Waals surface area contributed by atoms with E-state index in [-0.39, 0.29) is 0 Å². The number of hydrogen-bond acceptors (Lipinski definition) is 0. The topological polar surface area (TPSA) is 0 Å². The lowest BCUT2D eigenvalue weighted by molar-refractivity contribution is -0.139. The van der Waals surface area contributed by atoms with Gasteiger partial charge >= 0.3 is 6.18 Å². The van der Waals surface area contributed by atoms with Crippen molar-refractivity contribution >= 4 is 0 Å². The van der Waals surface area contributed by atoms with Crippen molar-refractivity contribution < 1.29 is 22.0 Å². The summed E-state index contributed by atoms with van der Waals surface area (Å²) in [5.74, 6) is 0. The van der Waals surface area contributed by atoms with Crippen LogP contribution in [0.25, 0.3) is 0 Å². The molecule has 0 nitrogen and oxygen atoms in total. The van der Waals surface area contributed by atoms with Gasteiger partial charge in [-0.15, -0.1) is 0 Å². The highest BCUT2D eigenvalue weighted by atomic mass is 19.4. The zero-order chi connectivity index (χ0) is 10.1. The Bertz CT molecular complexity index is 289. The first-order valence-electron chi connectivity index (χ1n) is 3.28. The molecule has 5 heteroatoms. The first-order valence-corrected chi connectivity index (χ1v) is 3.28. The van der Waals surface area contributed by atoms with Gasteiger partial charge in [-0.25, -0.2) is 8.78 Å². The molecule has 0 aliphatic heterocycles. The fourth-order valence-corrected chi connectivity index (χ4v) is 0.882. The van der Waals surface area contributed by atoms with Gasteiger partial charge in [-0.05, 0) is 18.2 Å². The number of benzene rings is 1. The minimum absolute atomic E-state index is 0.585. The van der Waals surface area contributed by atoms with E-state index < -0.39 is 23.7 Å². The Kier molecular flexibility index (Phi) is 2.54. The quantitative estimate of drug-likeness (QED) is 0.602. The first kappa shape index (κ1) is 9.95. The summed E-state index contributed by atoms with van der Waals surface area (Å²) < 4.78 is 60.3.